The monoisotopic (exact) mass is 232 g/mol. The van der Waals surface area contributed by atoms with Crippen molar-refractivity contribution in [3.05, 3.63) is 35.4 Å². The molecule has 3 nitrogen and oxygen atoms in total. The predicted molar refractivity (Wildman–Crippen MR) is 68.7 cm³/mol. The Morgan fingerprint density at radius 3 is 3.00 bits per heavy atom. The Labute approximate surface area is 103 Å². The summed E-state index contributed by atoms with van der Waals surface area (Å²) in [5.74, 6) is 0.146. The lowest BCUT2D eigenvalue weighted by Gasteiger charge is -2.33. The highest BCUT2D eigenvalue weighted by molar-refractivity contribution is 5.94. The van der Waals surface area contributed by atoms with Crippen LogP contribution in [0.3, 0.4) is 0 Å². The van der Waals surface area contributed by atoms with Crippen LogP contribution < -0.4 is 5.73 Å². The number of nitrogens with zero attached hydrogens (tertiary/aromatic N) is 1. The molecule has 92 valence electrons. The number of piperidine rings is 1. The van der Waals surface area contributed by atoms with E-state index in [2.05, 4.69) is 6.92 Å². The molecule has 1 saturated heterocycles. The molecule has 1 unspecified atom stereocenters. The highest BCUT2D eigenvalue weighted by Crippen LogP contribution is 2.19. The summed E-state index contributed by atoms with van der Waals surface area (Å²) < 4.78 is 0. The Hall–Kier alpha value is -1.35. The van der Waals surface area contributed by atoms with Crippen LogP contribution in [0.1, 0.15) is 42.1 Å². The summed E-state index contributed by atoms with van der Waals surface area (Å²) in [5, 5.41) is 0. The molecular weight excluding hydrogens is 212 g/mol. The van der Waals surface area contributed by atoms with Crippen LogP contribution in [0.5, 0.6) is 0 Å². The van der Waals surface area contributed by atoms with Crippen LogP contribution in [0.2, 0.25) is 0 Å². The molecule has 0 radical (unpaired) electrons. The van der Waals surface area contributed by atoms with Gasteiger partial charge in [0.1, 0.15) is 0 Å². The van der Waals surface area contributed by atoms with Crippen LogP contribution >= 0.6 is 0 Å². The fraction of sp³-hybridized carbons (Fsp3) is 0.500. The van der Waals surface area contributed by atoms with Gasteiger partial charge in [0.2, 0.25) is 0 Å². The molecule has 2 N–H and O–H groups in total. The molecule has 1 aromatic rings. The third-order valence-corrected chi connectivity index (χ3v) is 3.47. The molecule has 0 aliphatic carbocycles. The summed E-state index contributed by atoms with van der Waals surface area (Å²) in [5.41, 5.74) is 7.38. The van der Waals surface area contributed by atoms with E-state index < -0.39 is 0 Å². The number of rotatable bonds is 2. The van der Waals surface area contributed by atoms with Gasteiger partial charge in [-0.3, -0.25) is 4.79 Å². The van der Waals surface area contributed by atoms with Crippen LogP contribution in [0.4, 0.5) is 0 Å². The molecule has 1 atom stereocenters. The first-order valence-corrected chi connectivity index (χ1v) is 6.32. The largest absolute Gasteiger partial charge is 0.336 e. The van der Waals surface area contributed by atoms with Crippen molar-refractivity contribution >= 4 is 5.91 Å². The van der Waals surface area contributed by atoms with Gasteiger partial charge in [-0.15, -0.1) is 0 Å². The van der Waals surface area contributed by atoms with Crippen molar-refractivity contribution in [1.29, 1.82) is 0 Å². The van der Waals surface area contributed by atoms with E-state index in [0.29, 0.717) is 12.6 Å². The molecule has 1 amide bonds. The van der Waals surface area contributed by atoms with E-state index in [4.69, 9.17) is 5.73 Å². The lowest BCUT2D eigenvalue weighted by molar-refractivity contribution is 0.0635. The number of nitrogens with two attached hydrogens (primary N) is 1. The average molecular weight is 232 g/mol. The molecule has 0 aromatic heterocycles. The van der Waals surface area contributed by atoms with Crippen molar-refractivity contribution in [2.45, 2.75) is 38.8 Å². The van der Waals surface area contributed by atoms with E-state index >= 15 is 0 Å². The van der Waals surface area contributed by atoms with Crippen molar-refractivity contribution in [3.8, 4) is 0 Å². The molecule has 2 rings (SSSR count). The van der Waals surface area contributed by atoms with Crippen molar-refractivity contribution in [2.75, 3.05) is 6.54 Å². The minimum absolute atomic E-state index is 0.146. The smallest absolute Gasteiger partial charge is 0.254 e. The zero-order valence-corrected chi connectivity index (χ0v) is 10.4. The van der Waals surface area contributed by atoms with Crippen LogP contribution in [-0.4, -0.2) is 23.4 Å². The van der Waals surface area contributed by atoms with E-state index in [1.807, 2.05) is 29.2 Å². The molecule has 3 heteroatoms. The first-order valence-electron chi connectivity index (χ1n) is 6.32. The Balaban J connectivity index is 2.17. The lowest BCUT2D eigenvalue weighted by Crippen LogP contribution is -2.42. The Bertz CT molecular complexity index is 403. The Morgan fingerprint density at radius 2 is 2.29 bits per heavy atom. The highest BCUT2D eigenvalue weighted by atomic mass is 16.2. The zero-order chi connectivity index (χ0) is 12.3. The number of carbonyl (C=O) groups is 1. The molecule has 1 heterocycles. The van der Waals surface area contributed by atoms with Gasteiger partial charge in [0.15, 0.2) is 0 Å². The van der Waals surface area contributed by atoms with Gasteiger partial charge in [0.05, 0.1) is 0 Å². The maximum absolute atomic E-state index is 12.4. The van der Waals surface area contributed by atoms with Crippen LogP contribution in [0.25, 0.3) is 0 Å². The van der Waals surface area contributed by atoms with Crippen molar-refractivity contribution in [1.82, 2.24) is 4.90 Å². The molecule has 1 fully saturated rings. The number of hydrogen-bond acceptors (Lipinski definition) is 2. The second kappa shape index (κ2) is 5.32. The first-order chi connectivity index (χ1) is 8.22. The zero-order valence-electron chi connectivity index (χ0n) is 10.4. The second-order valence-corrected chi connectivity index (χ2v) is 4.75. The van der Waals surface area contributed by atoms with E-state index in [9.17, 15) is 4.79 Å². The van der Waals surface area contributed by atoms with Gasteiger partial charge >= 0.3 is 0 Å². The molecule has 0 spiro atoms. The number of carbonyl (C=O) groups excluding carboxylic acids is 1. The van der Waals surface area contributed by atoms with Gasteiger partial charge in [-0.05, 0) is 43.9 Å². The number of benzene rings is 1. The van der Waals surface area contributed by atoms with Gasteiger partial charge in [-0.2, -0.15) is 0 Å². The molecule has 1 aliphatic heterocycles. The molecule has 0 saturated carbocycles. The average Bonchev–Trinajstić information content (AvgIpc) is 2.38. The normalized spacial score (nSPS) is 20.4. The quantitative estimate of drug-likeness (QED) is 0.849. The third-order valence-electron chi connectivity index (χ3n) is 3.47. The standard InChI is InChI=1S/C14H20N2O/c1-11-5-2-3-8-16(11)14(17)13-7-4-6-12(9-13)10-15/h4,6-7,9,11H,2-3,5,8,10,15H2,1H3. The molecule has 1 aliphatic rings. The van der Waals surface area contributed by atoms with E-state index in [1.165, 1.54) is 6.42 Å². The van der Waals surface area contributed by atoms with Crippen LogP contribution in [-0.2, 0) is 6.54 Å². The topological polar surface area (TPSA) is 46.3 Å². The first kappa shape index (κ1) is 12.1. The van der Waals surface area contributed by atoms with E-state index in [1.54, 1.807) is 0 Å². The lowest BCUT2D eigenvalue weighted by atomic mass is 10.0. The van der Waals surface area contributed by atoms with Gasteiger partial charge in [0, 0.05) is 24.7 Å². The summed E-state index contributed by atoms with van der Waals surface area (Å²) in [6, 6.07) is 8.00. The summed E-state index contributed by atoms with van der Waals surface area (Å²) in [6.45, 7) is 3.49. The summed E-state index contributed by atoms with van der Waals surface area (Å²) in [7, 11) is 0. The van der Waals surface area contributed by atoms with Gasteiger partial charge in [0.25, 0.3) is 5.91 Å². The molecule has 0 bridgehead atoms. The molecular formula is C14H20N2O. The maximum Gasteiger partial charge on any atom is 0.254 e. The van der Waals surface area contributed by atoms with Crippen molar-refractivity contribution in [3.63, 3.8) is 0 Å². The minimum atomic E-state index is 0.146. The summed E-state index contributed by atoms with van der Waals surface area (Å²) in [6.07, 6.45) is 3.46. The SMILES string of the molecule is CC1CCCCN1C(=O)c1cccc(CN)c1. The molecule has 17 heavy (non-hydrogen) atoms. The molecule has 1 aromatic carbocycles. The van der Waals surface area contributed by atoms with Crippen molar-refractivity contribution in [2.24, 2.45) is 5.73 Å². The third kappa shape index (κ3) is 2.67. The Kier molecular flexibility index (Phi) is 3.79. The fourth-order valence-electron chi connectivity index (χ4n) is 2.40. The summed E-state index contributed by atoms with van der Waals surface area (Å²) in [4.78, 5) is 14.3. The summed E-state index contributed by atoms with van der Waals surface area (Å²) >= 11 is 0. The maximum atomic E-state index is 12.4. The van der Waals surface area contributed by atoms with E-state index in [0.717, 1.165) is 30.5 Å². The van der Waals surface area contributed by atoms with Crippen LogP contribution in [0.15, 0.2) is 24.3 Å². The van der Waals surface area contributed by atoms with E-state index in [-0.39, 0.29) is 5.91 Å². The van der Waals surface area contributed by atoms with Crippen molar-refractivity contribution < 1.29 is 4.79 Å². The van der Waals surface area contributed by atoms with Gasteiger partial charge in [-0.25, -0.2) is 0 Å². The number of hydrogen-bond donors (Lipinski definition) is 1. The second-order valence-electron chi connectivity index (χ2n) is 4.75. The Morgan fingerprint density at radius 1 is 1.47 bits per heavy atom. The minimum Gasteiger partial charge on any atom is -0.336 e. The number of likely N-dealkylation sites (tertiary alicyclic amines) is 1. The van der Waals surface area contributed by atoms with Crippen LogP contribution in [0, 0.1) is 0 Å². The fourth-order valence-corrected chi connectivity index (χ4v) is 2.40. The highest BCUT2D eigenvalue weighted by Gasteiger charge is 2.23. The predicted octanol–water partition coefficient (Wildman–Crippen LogP) is 2.16. The van der Waals surface area contributed by atoms with Gasteiger partial charge in [-0.1, -0.05) is 12.1 Å². The number of amides is 1. The van der Waals surface area contributed by atoms with Gasteiger partial charge < -0.3 is 10.6 Å².